The molecule has 0 aliphatic rings. The van der Waals surface area contributed by atoms with Gasteiger partial charge in [0.25, 0.3) is 0 Å². The van der Waals surface area contributed by atoms with Crippen LogP contribution in [0.5, 0.6) is 0 Å². The van der Waals surface area contributed by atoms with Crippen LogP contribution in [0.4, 0.5) is 5.69 Å². The molecule has 2 aromatic carbocycles. The number of benzene rings is 2. The Morgan fingerprint density at radius 1 is 1.08 bits per heavy atom. The lowest BCUT2D eigenvalue weighted by atomic mass is 10.0. The van der Waals surface area contributed by atoms with E-state index in [-0.39, 0.29) is 0 Å². The van der Waals surface area contributed by atoms with Gasteiger partial charge in [-0.25, -0.2) is 0 Å². The van der Waals surface area contributed by atoms with E-state index in [0.29, 0.717) is 5.92 Å². The van der Waals surface area contributed by atoms with Crippen LogP contribution in [-0.4, -0.2) is 31.3 Å². The van der Waals surface area contributed by atoms with Crippen molar-refractivity contribution in [2.24, 2.45) is 11.0 Å². The Morgan fingerprint density at radius 3 is 2.38 bits per heavy atom. The van der Waals surface area contributed by atoms with Crippen molar-refractivity contribution in [1.82, 2.24) is 4.90 Å². The van der Waals surface area contributed by atoms with Gasteiger partial charge in [-0.1, -0.05) is 61.0 Å². The second kappa shape index (κ2) is 9.04. The highest BCUT2D eigenvalue weighted by atomic mass is 15.3. The summed E-state index contributed by atoms with van der Waals surface area (Å²) >= 11 is 0. The van der Waals surface area contributed by atoms with Crippen molar-refractivity contribution >= 4 is 17.5 Å². The van der Waals surface area contributed by atoms with Gasteiger partial charge in [0.15, 0.2) is 0 Å². The Kier molecular flexibility index (Phi) is 6.76. The summed E-state index contributed by atoms with van der Waals surface area (Å²) in [5.41, 5.74) is 7.65. The van der Waals surface area contributed by atoms with Crippen LogP contribution in [0, 0.1) is 12.8 Å². The summed E-state index contributed by atoms with van der Waals surface area (Å²) in [6.45, 7) is 5.25. The highest BCUT2D eigenvalue weighted by molar-refractivity contribution is 6.00. The lowest BCUT2D eigenvalue weighted by Gasteiger charge is -2.17. The van der Waals surface area contributed by atoms with Gasteiger partial charge in [-0.3, -0.25) is 5.43 Å². The monoisotopic (exact) mass is 321 g/mol. The molecule has 1 N–H and O–H groups in total. The van der Waals surface area contributed by atoms with Crippen LogP contribution in [0.1, 0.15) is 18.1 Å². The number of para-hydroxylation sites is 1. The van der Waals surface area contributed by atoms with E-state index in [1.165, 1.54) is 11.1 Å². The third-order valence-electron chi connectivity index (χ3n) is 3.76. The topological polar surface area (TPSA) is 27.6 Å². The highest BCUT2D eigenvalue weighted by Crippen LogP contribution is 2.10. The van der Waals surface area contributed by atoms with Gasteiger partial charge in [0.05, 0.1) is 11.4 Å². The lowest BCUT2D eigenvalue weighted by molar-refractivity contribution is 0.381. The molecule has 0 amide bonds. The van der Waals surface area contributed by atoms with Gasteiger partial charge in [-0.2, -0.15) is 5.10 Å². The Hall–Kier alpha value is -2.39. The summed E-state index contributed by atoms with van der Waals surface area (Å²) in [7, 11) is 4.17. The van der Waals surface area contributed by atoms with Crippen LogP contribution in [0.2, 0.25) is 0 Å². The molecule has 0 saturated heterocycles. The quantitative estimate of drug-likeness (QED) is 0.592. The molecule has 0 radical (unpaired) electrons. The predicted octanol–water partition coefficient (Wildman–Crippen LogP) is 4.67. The van der Waals surface area contributed by atoms with Crippen LogP contribution in [0.25, 0.3) is 6.08 Å². The second-order valence-electron chi connectivity index (χ2n) is 6.42. The van der Waals surface area contributed by atoms with Crippen LogP contribution < -0.4 is 5.43 Å². The van der Waals surface area contributed by atoms with Crippen LogP contribution in [0.3, 0.4) is 0 Å². The van der Waals surface area contributed by atoms with E-state index in [9.17, 15) is 0 Å². The van der Waals surface area contributed by atoms with Gasteiger partial charge in [-0.05, 0) is 44.8 Å². The molecule has 0 aliphatic heterocycles. The summed E-state index contributed by atoms with van der Waals surface area (Å²) in [4.78, 5) is 2.18. The smallest absolute Gasteiger partial charge is 0.0648 e. The zero-order valence-corrected chi connectivity index (χ0v) is 15.0. The Labute approximate surface area is 145 Å². The Bertz CT molecular complexity index is 670. The van der Waals surface area contributed by atoms with Crippen molar-refractivity contribution in [3.8, 4) is 0 Å². The van der Waals surface area contributed by atoms with Gasteiger partial charge in [-0.15, -0.1) is 0 Å². The Balaban J connectivity index is 2.16. The van der Waals surface area contributed by atoms with Gasteiger partial charge in [0, 0.05) is 12.5 Å². The molecule has 0 aliphatic carbocycles. The maximum Gasteiger partial charge on any atom is 0.0648 e. The van der Waals surface area contributed by atoms with E-state index >= 15 is 0 Å². The molecule has 0 aromatic heterocycles. The summed E-state index contributed by atoms with van der Waals surface area (Å²) in [5.74, 6) is 0.331. The predicted molar refractivity (Wildman–Crippen MR) is 105 cm³/mol. The number of nitrogens with zero attached hydrogens (tertiary/aromatic N) is 2. The van der Waals surface area contributed by atoms with Crippen molar-refractivity contribution in [2.45, 2.75) is 13.8 Å². The molecule has 0 unspecified atom stereocenters. The molecule has 1 atom stereocenters. The molecular formula is C21H27N3. The van der Waals surface area contributed by atoms with Crippen LogP contribution in [0.15, 0.2) is 65.8 Å². The standard InChI is InChI=1S/C21H27N3/c1-17-10-12-19(13-11-17)14-15-21(18(2)16-24(3)4)23-22-20-8-6-5-7-9-20/h5-15,18,22H,16H2,1-4H3/b15-14+,23-21-/t18-/m0/s1. The number of allylic oxidation sites excluding steroid dienone is 1. The Morgan fingerprint density at radius 2 is 1.75 bits per heavy atom. The lowest BCUT2D eigenvalue weighted by Crippen LogP contribution is -2.25. The number of rotatable bonds is 7. The summed E-state index contributed by atoms with van der Waals surface area (Å²) in [6.07, 6.45) is 4.23. The average molecular weight is 321 g/mol. The number of aryl methyl sites for hydroxylation is 1. The van der Waals surface area contributed by atoms with Crippen molar-refractivity contribution in [2.75, 3.05) is 26.1 Å². The van der Waals surface area contributed by atoms with Crippen molar-refractivity contribution in [3.05, 3.63) is 71.8 Å². The minimum Gasteiger partial charge on any atom is -0.309 e. The summed E-state index contributed by atoms with van der Waals surface area (Å²) in [6, 6.07) is 18.6. The fourth-order valence-electron chi connectivity index (χ4n) is 2.45. The molecule has 3 nitrogen and oxygen atoms in total. The fourth-order valence-corrected chi connectivity index (χ4v) is 2.45. The fraction of sp³-hybridized carbons (Fsp3) is 0.286. The van der Waals surface area contributed by atoms with E-state index in [4.69, 9.17) is 0 Å². The molecule has 0 bridgehead atoms. The molecule has 0 heterocycles. The van der Waals surface area contributed by atoms with Gasteiger partial charge in [0.1, 0.15) is 0 Å². The van der Waals surface area contributed by atoms with E-state index in [0.717, 1.165) is 17.9 Å². The van der Waals surface area contributed by atoms with E-state index < -0.39 is 0 Å². The SMILES string of the molecule is Cc1ccc(/C=C/C(=N/Nc2ccccc2)[C@@H](C)CN(C)C)cc1. The van der Waals surface area contributed by atoms with Gasteiger partial charge < -0.3 is 4.90 Å². The maximum absolute atomic E-state index is 4.63. The first-order valence-corrected chi connectivity index (χ1v) is 8.32. The summed E-state index contributed by atoms with van der Waals surface area (Å²) in [5, 5.41) is 4.63. The third-order valence-corrected chi connectivity index (χ3v) is 3.76. The molecule has 0 spiro atoms. The number of hydrogen-bond acceptors (Lipinski definition) is 3. The maximum atomic E-state index is 4.63. The molecular weight excluding hydrogens is 294 g/mol. The molecule has 126 valence electrons. The number of anilines is 1. The first-order valence-electron chi connectivity index (χ1n) is 8.32. The first kappa shape index (κ1) is 18.0. The molecule has 0 saturated carbocycles. The molecule has 3 heteroatoms. The molecule has 0 fully saturated rings. The minimum absolute atomic E-state index is 0.331. The average Bonchev–Trinajstić information content (AvgIpc) is 2.56. The molecule has 24 heavy (non-hydrogen) atoms. The zero-order valence-electron chi connectivity index (χ0n) is 15.0. The molecule has 2 rings (SSSR count). The number of hydrazone groups is 1. The number of nitrogens with one attached hydrogen (secondary N) is 1. The second-order valence-corrected chi connectivity index (χ2v) is 6.42. The molecule has 2 aromatic rings. The van der Waals surface area contributed by atoms with E-state index in [1.807, 2.05) is 30.3 Å². The summed E-state index contributed by atoms with van der Waals surface area (Å²) < 4.78 is 0. The van der Waals surface area contributed by atoms with Crippen LogP contribution >= 0.6 is 0 Å². The van der Waals surface area contributed by atoms with Crippen LogP contribution in [-0.2, 0) is 0 Å². The van der Waals surface area contributed by atoms with E-state index in [1.54, 1.807) is 0 Å². The van der Waals surface area contributed by atoms with Crippen molar-refractivity contribution in [3.63, 3.8) is 0 Å². The largest absolute Gasteiger partial charge is 0.309 e. The third kappa shape index (κ3) is 6.01. The minimum atomic E-state index is 0.331. The zero-order chi connectivity index (χ0) is 17.4. The van der Waals surface area contributed by atoms with Gasteiger partial charge in [0.2, 0.25) is 0 Å². The first-order chi connectivity index (χ1) is 11.5. The van der Waals surface area contributed by atoms with E-state index in [2.05, 4.69) is 79.8 Å². The highest BCUT2D eigenvalue weighted by Gasteiger charge is 2.09. The normalized spacial score (nSPS) is 13.5. The van der Waals surface area contributed by atoms with Gasteiger partial charge >= 0.3 is 0 Å². The number of hydrogen-bond donors (Lipinski definition) is 1. The van der Waals surface area contributed by atoms with Crippen molar-refractivity contribution < 1.29 is 0 Å². The van der Waals surface area contributed by atoms with Crippen molar-refractivity contribution in [1.29, 1.82) is 0 Å².